The maximum atomic E-state index is 15.1. The maximum absolute atomic E-state index is 15.1. The van der Waals surface area contributed by atoms with Crippen LogP contribution < -0.4 is 24.8 Å². The number of amides is 1. The van der Waals surface area contributed by atoms with E-state index in [-0.39, 0.29) is 23.1 Å². The predicted octanol–water partition coefficient (Wildman–Crippen LogP) is 6.82. The second-order valence-corrected chi connectivity index (χ2v) is 11.7. The number of nitrogens with zero attached hydrogens (tertiary/aromatic N) is 4. The molecule has 1 amide bonds. The standard InChI is InChI=1S/C36H43FN6O4/c1-6-45-31-12-7-8-13-32(31)47-35-28(34(44)40-33-25(4)10-9-11-26(33)5)23-38-36(41-35)39-27-14-15-30(29(37)22-27)46-21-20-42-16-18-43(19-17-42)24(2)3/h7-15,22-24H,6,16-21H2,1-5H3,(H,40,44)(H,38,39,41). The van der Waals surface area contributed by atoms with Crippen LogP contribution >= 0.6 is 0 Å². The summed E-state index contributed by atoms with van der Waals surface area (Å²) in [6.07, 6.45) is 1.38. The van der Waals surface area contributed by atoms with E-state index in [1.807, 2.05) is 45.0 Å². The number of piperazine rings is 1. The Morgan fingerprint density at radius 2 is 1.66 bits per heavy atom. The number of anilines is 3. The summed E-state index contributed by atoms with van der Waals surface area (Å²) >= 11 is 0. The number of ether oxygens (including phenoxy) is 3. The van der Waals surface area contributed by atoms with Crippen molar-refractivity contribution in [3.8, 4) is 23.1 Å². The summed E-state index contributed by atoms with van der Waals surface area (Å²) in [7, 11) is 0. The fourth-order valence-electron chi connectivity index (χ4n) is 5.38. The van der Waals surface area contributed by atoms with E-state index >= 15 is 4.39 Å². The number of carbonyl (C=O) groups is 1. The van der Waals surface area contributed by atoms with Gasteiger partial charge in [0.05, 0.1) is 6.61 Å². The lowest BCUT2D eigenvalue weighted by Gasteiger charge is -2.36. The number of benzene rings is 3. The average molecular weight is 643 g/mol. The van der Waals surface area contributed by atoms with Crippen molar-refractivity contribution in [2.75, 3.05) is 56.6 Å². The molecule has 248 valence electrons. The molecular weight excluding hydrogens is 599 g/mol. The quantitative estimate of drug-likeness (QED) is 0.163. The molecule has 2 N–H and O–H groups in total. The Hall–Kier alpha value is -4.74. The zero-order valence-corrected chi connectivity index (χ0v) is 27.7. The minimum atomic E-state index is -0.508. The van der Waals surface area contributed by atoms with Crippen LogP contribution in [0.5, 0.6) is 23.1 Å². The highest BCUT2D eigenvalue weighted by Gasteiger charge is 2.21. The van der Waals surface area contributed by atoms with Gasteiger partial charge in [-0.1, -0.05) is 30.3 Å². The molecule has 1 aromatic heterocycles. The zero-order valence-electron chi connectivity index (χ0n) is 27.7. The molecule has 0 unspecified atom stereocenters. The normalized spacial score (nSPS) is 13.8. The molecule has 2 heterocycles. The molecule has 5 rings (SSSR count). The highest BCUT2D eigenvalue weighted by molar-refractivity contribution is 6.06. The first-order chi connectivity index (χ1) is 22.7. The van der Waals surface area contributed by atoms with Crippen molar-refractivity contribution in [2.24, 2.45) is 0 Å². The lowest BCUT2D eigenvalue weighted by atomic mass is 10.1. The zero-order chi connectivity index (χ0) is 33.3. The van der Waals surface area contributed by atoms with E-state index in [2.05, 4.69) is 44.2 Å². The molecule has 0 aliphatic carbocycles. The van der Waals surface area contributed by atoms with Gasteiger partial charge in [0.1, 0.15) is 12.2 Å². The molecule has 1 saturated heterocycles. The molecule has 1 aliphatic rings. The number of hydrogen-bond acceptors (Lipinski definition) is 9. The highest BCUT2D eigenvalue weighted by atomic mass is 19.1. The van der Waals surface area contributed by atoms with Crippen molar-refractivity contribution in [1.29, 1.82) is 0 Å². The largest absolute Gasteiger partial charge is 0.490 e. The molecule has 1 fully saturated rings. The number of hydrogen-bond donors (Lipinski definition) is 2. The van der Waals surface area contributed by atoms with Gasteiger partial charge in [-0.3, -0.25) is 14.6 Å². The number of halogens is 1. The van der Waals surface area contributed by atoms with Gasteiger partial charge in [-0.15, -0.1) is 0 Å². The first-order valence-electron chi connectivity index (χ1n) is 16.0. The van der Waals surface area contributed by atoms with Gasteiger partial charge in [-0.25, -0.2) is 9.37 Å². The molecule has 0 saturated carbocycles. The van der Waals surface area contributed by atoms with Crippen molar-refractivity contribution in [2.45, 2.75) is 40.7 Å². The molecule has 0 spiro atoms. The minimum Gasteiger partial charge on any atom is -0.490 e. The fourth-order valence-corrected chi connectivity index (χ4v) is 5.38. The third-order valence-electron chi connectivity index (χ3n) is 8.06. The van der Waals surface area contributed by atoms with Gasteiger partial charge < -0.3 is 24.8 Å². The van der Waals surface area contributed by atoms with Crippen molar-refractivity contribution < 1.29 is 23.4 Å². The number of rotatable bonds is 13. The number of nitrogens with one attached hydrogen (secondary N) is 2. The van der Waals surface area contributed by atoms with Gasteiger partial charge in [-0.05, 0) is 70.0 Å². The first-order valence-corrected chi connectivity index (χ1v) is 16.0. The molecule has 0 atom stereocenters. The summed E-state index contributed by atoms with van der Waals surface area (Å²) < 4.78 is 32.7. The summed E-state index contributed by atoms with van der Waals surface area (Å²) in [5.74, 6) is 0.235. The molecule has 4 aromatic rings. The van der Waals surface area contributed by atoms with Crippen molar-refractivity contribution in [3.63, 3.8) is 0 Å². The average Bonchev–Trinajstić information content (AvgIpc) is 3.05. The van der Waals surface area contributed by atoms with Crippen molar-refractivity contribution in [3.05, 3.63) is 89.4 Å². The van der Waals surface area contributed by atoms with E-state index in [1.54, 1.807) is 30.3 Å². The van der Waals surface area contributed by atoms with Gasteiger partial charge in [0.2, 0.25) is 11.8 Å². The summed E-state index contributed by atoms with van der Waals surface area (Å²) in [4.78, 5) is 27.2. The van der Waals surface area contributed by atoms with Crippen LogP contribution in [0.25, 0.3) is 0 Å². The highest BCUT2D eigenvalue weighted by Crippen LogP contribution is 2.33. The summed E-state index contributed by atoms with van der Waals surface area (Å²) in [6.45, 7) is 15.7. The molecule has 47 heavy (non-hydrogen) atoms. The second-order valence-electron chi connectivity index (χ2n) is 11.7. The number of aromatic nitrogens is 2. The molecule has 0 bridgehead atoms. The molecule has 3 aromatic carbocycles. The Balaban J connectivity index is 1.30. The van der Waals surface area contributed by atoms with Crippen LogP contribution in [0, 0.1) is 19.7 Å². The van der Waals surface area contributed by atoms with Gasteiger partial charge in [-0.2, -0.15) is 4.98 Å². The molecule has 1 aliphatic heterocycles. The van der Waals surface area contributed by atoms with E-state index < -0.39 is 11.7 Å². The van der Waals surface area contributed by atoms with E-state index in [0.29, 0.717) is 42.1 Å². The van der Waals surface area contributed by atoms with Crippen molar-refractivity contribution in [1.82, 2.24) is 19.8 Å². The fraction of sp³-hybridized carbons (Fsp3) is 0.361. The Bertz CT molecular complexity index is 1660. The third-order valence-corrected chi connectivity index (χ3v) is 8.06. The molecule has 0 radical (unpaired) electrons. The van der Waals surface area contributed by atoms with E-state index in [0.717, 1.165) is 43.9 Å². The molecule has 10 nitrogen and oxygen atoms in total. The van der Waals surface area contributed by atoms with Crippen LogP contribution in [0.1, 0.15) is 42.3 Å². The van der Waals surface area contributed by atoms with Gasteiger partial charge in [0.25, 0.3) is 5.91 Å². The van der Waals surface area contributed by atoms with Crippen LogP contribution in [-0.4, -0.2) is 77.7 Å². The maximum Gasteiger partial charge on any atom is 0.262 e. The Labute approximate surface area is 275 Å². The second kappa shape index (κ2) is 15.7. The number of para-hydroxylation sites is 3. The van der Waals surface area contributed by atoms with E-state index in [9.17, 15) is 4.79 Å². The number of carbonyl (C=O) groups excluding carboxylic acids is 1. The summed E-state index contributed by atoms with van der Waals surface area (Å²) in [6, 6.07) is 18.0. The van der Waals surface area contributed by atoms with Gasteiger partial charge >= 0.3 is 0 Å². The van der Waals surface area contributed by atoms with E-state index in [1.165, 1.54) is 12.3 Å². The topological polar surface area (TPSA) is 101 Å². The first kappa shape index (κ1) is 33.6. The van der Waals surface area contributed by atoms with Crippen LogP contribution in [-0.2, 0) is 0 Å². The van der Waals surface area contributed by atoms with Crippen LogP contribution in [0.2, 0.25) is 0 Å². The molecular formula is C36H43FN6O4. The third kappa shape index (κ3) is 8.75. The minimum absolute atomic E-state index is 0.00745. The summed E-state index contributed by atoms with van der Waals surface area (Å²) in [5, 5.41) is 5.99. The Kier molecular flexibility index (Phi) is 11.2. The Morgan fingerprint density at radius 1 is 0.936 bits per heavy atom. The number of aryl methyl sites for hydroxylation is 2. The predicted molar refractivity (Wildman–Crippen MR) is 182 cm³/mol. The van der Waals surface area contributed by atoms with E-state index in [4.69, 9.17) is 14.2 Å². The molecule has 11 heteroatoms. The summed E-state index contributed by atoms with van der Waals surface area (Å²) in [5.41, 5.74) is 3.06. The van der Waals surface area contributed by atoms with Crippen LogP contribution in [0.3, 0.4) is 0 Å². The van der Waals surface area contributed by atoms with Gasteiger partial charge in [0, 0.05) is 62.4 Å². The van der Waals surface area contributed by atoms with Crippen LogP contribution in [0.4, 0.5) is 21.7 Å². The monoisotopic (exact) mass is 642 g/mol. The Morgan fingerprint density at radius 3 is 2.34 bits per heavy atom. The lowest BCUT2D eigenvalue weighted by Crippen LogP contribution is -2.49. The smallest absolute Gasteiger partial charge is 0.262 e. The van der Waals surface area contributed by atoms with Crippen molar-refractivity contribution >= 4 is 23.2 Å². The van der Waals surface area contributed by atoms with Crippen LogP contribution in [0.15, 0.2) is 66.9 Å². The SMILES string of the molecule is CCOc1ccccc1Oc1nc(Nc2ccc(OCCN3CCN(C(C)C)CC3)c(F)c2)ncc1C(=O)Nc1c(C)cccc1C. The van der Waals surface area contributed by atoms with Gasteiger partial charge in [0.15, 0.2) is 23.1 Å². The lowest BCUT2D eigenvalue weighted by molar-refractivity contribution is 0.0965.